The highest BCUT2D eigenvalue weighted by molar-refractivity contribution is 6.18. The smallest absolute Gasteiger partial charge is 0.300 e. The molecule has 0 aliphatic carbocycles. The van der Waals surface area contributed by atoms with Gasteiger partial charge in [0.2, 0.25) is 11.9 Å². The zero-order valence-electron chi connectivity index (χ0n) is 16.0. The lowest BCUT2D eigenvalue weighted by Gasteiger charge is -2.30. The monoisotopic (exact) mass is 359 g/mol. The Balaban J connectivity index is 1.58. The summed E-state index contributed by atoms with van der Waals surface area (Å²) in [6.07, 6.45) is 4.50. The van der Waals surface area contributed by atoms with Crippen molar-refractivity contribution in [3.8, 4) is 0 Å². The maximum absolute atomic E-state index is 12.6. The number of aliphatic imine (C=N–C) groups is 1. The van der Waals surface area contributed by atoms with Crippen LogP contribution in [0, 0.1) is 12.8 Å². The molecular formula is C18H27N6O2+. The van der Waals surface area contributed by atoms with Crippen LogP contribution < -0.4 is 4.57 Å². The van der Waals surface area contributed by atoms with Crippen LogP contribution in [-0.4, -0.2) is 70.8 Å². The van der Waals surface area contributed by atoms with Crippen molar-refractivity contribution in [3.05, 3.63) is 11.9 Å². The Morgan fingerprint density at radius 3 is 2.54 bits per heavy atom. The zero-order valence-corrected chi connectivity index (χ0v) is 16.0. The fourth-order valence-electron chi connectivity index (χ4n) is 4.11. The molecule has 1 unspecified atom stereocenters. The number of piperidine rings is 1. The molecule has 8 heteroatoms. The van der Waals surface area contributed by atoms with Crippen LogP contribution in [0.15, 0.2) is 11.2 Å². The van der Waals surface area contributed by atoms with Gasteiger partial charge < -0.3 is 4.90 Å². The number of hydrogen-bond donors (Lipinski definition) is 0. The van der Waals surface area contributed by atoms with E-state index in [-0.39, 0.29) is 11.9 Å². The van der Waals surface area contributed by atoms with Gasteiger partial charge >= 0.3 is 12.0 Å². The number of urea groups is 1. The van der Waals surface area contributed by atoms with Gasteiger partial charge in [-0.05, 0) is 38.8 Å². The number of carbonyl (C=O) groups excluding carboxylic acids is 2. The number of imidazole rings is 1. The van der Waals surface area contributed by atoms with Crippen LogP contribution in [0.5, 0.6) is 0 Å². The molecule has 4 heterocycles. The molecule has 2 saturated heterocycles. The third-order valence-electron chi connectivity index (χ3n) is 5.96. The Bertz CT molecular complexity index is 790. The van der Waals surface area contributed by atoms with E-state index in [1.165, 1.54) is 29.7 Å². The molecule has 0 saturated carbocycles. The molecule has 0 aromatic carbocycles. The minimum absolute atomic E-state index is 0.224. The lowest BCUT2D eigenvalue weighted by molar-refractivity contribution is -0.677. The van der Waals surface area contributed by atoms with E-state index in [2.05, 4.69) is 21.4 Å². The van der Waals surface area contributed by atoms with Crippen LogP contribution in [0.3, 0.4) is 0 Å². The molecule has 0 spiro atoms. The SMILES string of the molecule is Cc1c[n+]2c(n1CCN1CCC(C)CC1)N=C1C2C(=O)N(C)C(=O)N1C. The summed E-state index contributed by atoms with van der Waals surface area (Å²) in [6.45, 7) is 8.48. The third-order valence-corrected chi connectivity index (χ3v) is 5.96. The van der Waals surface area contributed by atoms with Crippen LogP contribution in [0.4, 0.5) is 10.7 Å². The van der Waals surface area contributed by atoms with Gasteiger partial charge in [0, 0.05) is 20.6 Å². The maximum atomic E-state index is 12.6. The molecule has 0 bridgehead atoms. The van der Waals surface area contributed by atoms with Gasteiger partial charge in [0.1, 0.15) is 11.9 Å². The number of likely N-dealkylation sites (tertiary alicyclic amines) is 1. The van der Waals surface area contributed by atoms with Crippen molar-refractivity contribution in [2.24, 2.45) is 10.9 Å². The van der Waals surface area contributed by atoms with E-state index in [1.807, 2.05) is 17.7 Å². The van der Waals surface area contributed by atoms with Crippen molar-refractivity contribution in [2.75, 3.05) is 33.7 Å². The average molecular weight is 359 g/mol. The minimum Gasteiger partial charge on any atom is -0.300 e. The number of imide groups is 1. The van der Waals surface area contributed by atoms with E-state index in [1.54, 1.807) is 7.05 Å². The summed E-state index contributed by atoms with van der Waals surface area (Å²) in [5.74, 6) is 1.88. The highest BCUT2D eigenvalue weighted by Crippen LogP contribution is 2.28. The predicted molar refractivity (Wildman–Crippen MR) is 96.3 cm³/mol. The number of amides is 3. The fraction of sp³-hybridized carbons (Fsp3) is 0.667. The van der Waals surface area contributed by atoms with Gasteiger partial charge in [-0.25, -0.2) is 13.9 Å². The third kappa shape index (κ3) is 2.55. The molecule has 4 rings (SSSR count). The molecule has 2 fully saturated rings. The maximum Gasteiger partial charge on any atom is 0.401 e. The largest absolute Gasteiger partial charge is 0.401 e. The number of hydrogen-bond acceptors (Lipinski definition) is 4. The molecule has 1 aromatic rings. The summed E-state index contributed by atoms with van der Waals surface area (Å²) in [4.78, 5) is 34.6. The van der Waals surface area contributed by atoms with Gasteiger partial charge in [-0.1, -0.05) is 11.9 Å². The van der Waals surface area contributed by atoms with Crippen LogP contribution in [0.2, 0.25) is 0 Å². The van der Waals surface area contributed by atoms with Gasteiger partial charge in [-0.2, -0.15) is 0 Å². The summed E-state index contributed by atoms with van der Waals surface area (Å²) in [5, 5.41) is 0. The van der Waals surface area contributed by atoms with E-state index in [9.17, 15) is 9.59 Å². The summed E-state index contributed by atoms with van der Waals surface area (Å²) < 4.78 is 4.07. The van der Waals surface area contributed by atoms with Gasteiger partial charge in [0.25, 0.3) is 5.91 Å². The van der Waals surface area contributed by atoms with E-state index >= 15 is 0 Å². The molecule has 0 radical (unpaired) electrons. The number of carbonyl (C=O) groups is 2. The van der Waals surface area contributed by atoms with Gasteiger partial charge in [0.05, 0.1) is 6.54 Å². The standard InChI is InChI=1S/C18H27N6O2/c1-12-5-7-22(8-6-12)9-10-23-13(2)11-24-14-15(19-17(23)24)20(3)18(26)21(4)16(14)25/h11-12,14H,5-10H2,1-4H3/q+1. The van der Waals surface area contributed by atoms with E-state index < -0.39 is 6.04 Å². The first-order valence-electron chi connectivity index (χ1n) is 9.36. The highest BCUT2D eigenvalue weighted by atomic mass is 16.2. The van der Waals surface area contributed by atoms with Crippen LogP contribution in [-0.2, 0) is 11.3 Å². The molecule has 1 atom stereocenters. The second-order valence-electron chi connectivity index (χ2n) is 7.76. The number of fused-ring (bicyclic) bond motifs is 3. The van der Waals surface area contributed by atoms with Crippen molar-refractivity contribution in [3.63, 3.8) is 0 Å². The summed E-state index contributed by atoms with van der Waals surface area (Å²) in [6, 6.07) is -0.866. The molecule has 3 amide bonds. The quantitative estimate of drug-likeness (QED) is 0.754. The first-order valence-corrected chi connectivity index (χ1v) is 9.36. The number of aromatic nitrogens is 2. The zero-order chi connectivity index (χ0) is 18.6. The van der Waals surface area contributed by atoms with Crippen LogP contribution in [0.1, 0.15) is 31.5 Å². The molecule has 140 valence electrons. The second-order valence-corrected chi connectivity index (χ2v) is 7.76. The highest BCUT2D eigenvalue weighted by Gasteiger charge is 2.52. The number of likely N-dealkylation sites (N-methyl/N-ethyl adjacent to an activating group) is 2. The van der Waals surface area contributed by atoms with Crippen LogP contribution >= 0.6 is 0 Å². The summed E-state index contributed by atoms with van der Waals surface area (Å²) >= 11 is 0. The Labute approximate surface area is 153 Å². The number of nitrogens with zero attached hydrogens (tertiary/aromatic N) is 6. The van der Waals surface area contributed by atoms with Gasteiger partial charge in [0.15, 0.2) is 0 Å². The summed E-state index contributed by atoms with van der Waals surface area (Å²) in [5.41, 5.74) is 1.09. The van der Waals surface area contributed by atoms with E-state index in [4.69, 9.17) is 0 Å². The summed E-state index contributed by atoms with van der Waals surface area (Å²) in [7, 11) is 3.20. The van der Waals surface area contributed by atoms with Crippen molar-refractivity contribution in [1.29, 1.82) is 0 Å². The molecule has 0 N–H and O–H groups in total. The number of aryl methyl sites for hydroxylation is 1. The Hall–Kier alpha value is -2.22. The predicted octanol–water partition coefficient (Wildman–Crippen LogP) is 0.924. The van der Waals surface area contributed by atoms with Crippen LogP contribution in [0.25, 0.3) is 0 Å². The topological polar surface area (TPSA) is 65.0 Å². The first-order chi connectivity index (χ1) is 12.4. The molecule has 1 aromatic heterocycles. The van der Waals surface area contributed by atoms with Crippen molar-refractivity contribution in [1.82, 2.24) is 19.3 Å². The molecule has 8 nitrogen and oxygen atoms in total. The lowest BCUT2D eigenvalue weighted by atomic mass is 9.99. The normalized spacial score (nSPS) is 24.2. The van der Waals surface area contributed by atoms with Crippen molar-refractivity contribution in [2.45, 2.75) is 39.3 Å². The molecule has 3 aliphatic heterocycles. The van der Waals surface area contributed by atoms with Gasteiger partial charge in [-0.15, -0.1) is 0 Å². The van der Waals surface area contributed by atoms with Crippen molar-refractivity contribution >= 4 is 23.7 Å². The fourth-order valence-corrected chi connectivity index (χ4v) is 4.11. The number of amidine groups is 1. The molecular weight excluding hydrogens is 332 g/mol. The lowest BCUT2D eigenvalue weighted by Crippen LogP contribution is -2.61. The number of rotatable bonds is 3. The van der Waals surface area contributed by atoms with Crippen molar-refractivity contribution < 1.29 is 14.2 Å². The second kappa shape index (κ2) is 6.19. The average Bonchev–Trinajstić information content (AvgIpc) is 3.13. The van der Waals surface area contributed by atoms with E-state index in [0.29, 0.717) is 5.84 Å². The Morgan fingerprint density at radius 2 is 1.85 bits per heavy atom. The minimum atomic E-state index is -0.534. The molecule has 26 heavy (non-hydrogen) atoms. The van der Waals surface area contributed by atoms with E-state index in [0.717, 1.165) is 43.7 Å². The van der Waals surface area contributed by atoms with Gasteiger partial charge in [-0.3, -0.25) is 14.6 Å². The first kappa shape index (κ1) is 17.2. The molecule has 3 aliphatic rings. The Morgan fingerprint density at radius 1 is 1.15 bits per heavy atom. The Kier molecular flexibility index (Phi) is 4.10.